The van der Waals surface area contributed by atoms with Gasteiger partial charge in [0.25, 0.3) is 0 Å². The number of rotatable bonds is 9. The number of sulfone groups is 1. The molecule has 1 saturated carbocycles. The van der Waals surface area contributed by atoms with Crippen LogP contribution in [0.5, 0.6) is 0 Å². The van der Waals surface area contributed by atoms with Crippen LogP contribution in [0, 0.1) is 5.92 Å². The van der Waals surface area contributed by atoms with Gasteiger partial charge in [0.2, 0.25) is 15.0 Å². The molecule has 1 aromatic rings. The van der Waals surface area contributed by atoms with E-state index in [-0.39, 0.29) is 16.8 Å². The third-order valence-corrected chi connectivity index (χ3v) is 7.97. The maximum Gasteiger partial charge on any atom is 0.227 e. The number of methoxy groups -OCH3 is 1. The first-order valence-corrected chi connectivity index (χ1v) is 12.4. The number of imidazole rings is 1. The molecule has 1 aliphatic heterocycles. The van der Waals surface area contributed by atoms with Gasteiger partial charge in [0.15, 0.2) is 0 Å². The number of hydrogen-bond acceptors (Lipinski definition) is 6. The molecule has 7 nitrogen and oxygen atoms in total. The topological polar surface area (TPSA) is 67.7 Å². The Labute approximate surface area is 170 Å². The van der Waals surface area contributed by atoms with E-state index in [1.807, 2.05) is 4.57 Å². The van der Waals surface area contributed by atoms with Crippen molar-refractivity contribution in [3.63, 3.8) is 0 Å². The van der Waals surface area contributed by atoms with Gasteiger partial charge in [-0.3, -0.25) is 4.90 Å². The molecule has 0 bridgehead atoms. The maximum atomic E-state index is 13.1. The molecule has 3 rings (SSSR count). The summed E-state index contributed by atoms with van der Waals surface area (Å²) in [6, 6.07) is 0. The van der Waals surface area contributed by atoms with Gasteiger partial charge in [-0.25, -0.2) is 13.4 Å². The van der Waals surface area contributed by atoms with Crippen LogP contribution in [0.1, 0.15) is 44.7 Å². The van der Waals surface area contributed by atoms with Gasteiger partial charge in [-0.15, -0.1) is 0 Å². The van der Waals surface area contributed by atoms with Gasteiger partial charge in [-0.1, -0.05) is 26.2 Å². The first-order valence-electron chi connectivity index (χ1n) is 10.7. The second-order valence-electron chi connectivity index (χ2n) is 8.17. The fourth-order valence-corrected chi connectivity index (χ4v) is 6.28. The van der Waals surface area contributed by atoms with E-state index in [9.17, 15) is 8.42 Å². The number of hydrogen-bond donors (Lipinski definition) is 0. The van der Waals surface area contributed by atoms with Crippen molar-refractivity contribution in [1.29, 1.82) is 0 Å². The highest BCUT2D eigenvalue weighted by Gasteiger charge is 2.28. The first kappa shape index (κ1) is 21.7. The monoisotopic (exact) mass is 412 g/mol. The Kier molecular flexibility index (Phi) is 7.91. The van der Waals surface area contributed by atoms with Crippen LogP contribution < -0.4 is 0 Å². The van der Waals surface area contributed by atoms with E-state index >= 15 is 0 Å². The number of aromatic nitrogens is 2. The second-order valence-corrected chi connectivity index (χ2v) is 10.1. The summed E-state index contributed by atoms with van der Waals surface area (Å²) in [5.74, 6) is 0.503. The highest BCUT2D eigenvalue weighted by molar-refractivity contribution is 7.91. The lowest BCUT2D eigenvalue weighted by Gasteiger charge is -2.34. The van der Waals surface area contributed by atoms with Gasteiger partial charge < -0.3 is 14.2 Å². The fraction of sp³-hybridized carbons (Fsp3) is 0.850. The molecule has 1 saturated heterocycles. The van der Waals surface area contributed by atoms with Gasteiger partial charge >= 0.3 is 0 Å². The smallest absolute Gasteiger partial charge is 0.227 e. The first-order chi connectivity index (χ1) is 13.5. The van der Waals surface area contributed by atoms with E-state index in [2.05, 4.69) is 21.7 Å². The molecular formula is C20H36N4O3S. The van der Waals surface area contributed by atoms with E-state index < -0.39 is 9.84 Å². The Bertz CT molecular complexity index is 705. The number of piperazine rings is 1. The van der Waals surface area contributed by atoms with Gasteiger partial charge in [0.05, 0.1) is 24.3 Å². The van der Waals surface area contributed by atoms with Crippen molar-refractivity contribution in [1.82, 2.24) is 19.4 Å². The summed E-state index contributed by atoms with van der Waals surface area (Å²) >= 11 is 0. The van der Waals surface area contributed by atoms with Crippen LogP contribution in [0.15, 0.2) is 11.4 Å². The molecule has 160 valence electrons. The molecular weight excluding hydrogens is 376 g/mol. The molecule has 2 aliphatic rings. The lowest BCUT2D eigenvalue weighted by Crippen LogP contribution is -2.45. The van der Waals surface area contributed by atoms with E-state index in [0.717, 1.165) is 70.6 Å². The standard InChI is InChI=1S/C20H36N4O3S/c1-3-22-9-11-23(12-10-22)16-19-15-21-20(24(19)13-14-27-2)28(25,26)17-18-7-5-4-6-8-18/h15,18H,3-14,16-17H2,1-2H3. The Morgan fingerprint density at radius 1 is 1.11 bits per heavy atom. The van der Waals surface area contributed by atoms with Crippen LogP contribution in [0.4, 0.5) is 0 Å². The zero-order chi connectivity index (χ0) is 20.0. The van der Waals surface area contributed by atoms with E-state index in [0.29, 0.717) is 13.2 Å². The summed E-state index contributed by atoms with van der Waals surface area (Å²) in [5, 5.41) is 0.234. The van der Waals surface area contributed by atoms with Crippen molar-refractivity contribution < 1.29 is 13.2 Å². The highest BCUT2D eigenvalue weighted by Crippen LogP contribution is 2.27. The lowest BCUT2D eigenvalue weighted by atomic mass is 9.91. The van der Waals surface area contributed by atoms with Crippen molar-refractivity contribution in [3.05, 3.63) is 11.9 Å². The molecule has 28 heavy (non-hydrogen) atoms. The normalized spacial score (nSPS) is 20.6. The molecule has 0 spiro atoms. The van der Waals surface area contributed by atoms with Crippen LogP contribution >= 0.6 is 0 Å². The number of likely N-dealkylation sites (N-methyl/N-ethyl adjacent to an activating group) is 1. The molecule has 0 unspecified atom stereocenters. The Balaban J connectivity index is 1.73. The van der Waals surface area contributed by atoms with Crippen molar-refractivity contribution >= 4 is 9.84 Å². The van der Waals surface area contributed by atoms with E-state index in [4.69, 9.17) is 4.74 Å². The highest BCUT2D eigenvalue weighted by atomic mass is 32.2. The molecule has 0 amide bonds. The molecule has 0 N–H and O–H groups in total. The minimum Gasteiger partial charge on any atom is -0.383 e. The van der Waals surface area contributed by atoms with Crippen molar-refractivity contribution in [2.24, 2.45) is 5.92 Å². The quantitative estimate of drug-likeness (QED) is 0.618. The van der Waals surface area contributed by atoms with Crippen molar-refractivity contribution in [2.45, 2.75) is 57.3 Å². The van der Waals surface area contributed by atoms with Crippen molar-refractivity contribution in [3.8, 4) is 0 Å². The molecule has 1 aliphatic carbocycles. The Hall–Kier alpha value is -0.960. The predicted molar refractivity (Wildman–Crippen MR) is 110 cm³/mol. The van der Waals surface area contributed by atoms with Gasteiger partial charge in [-0.2, -0.15) is 0 Å². The molecule has 2 heterocycles. The zero-order valence-corrected chi connectivity index (χ0v) is 18.3. The van der Waals surface area contributed by atoms with Crippen LogP contribution in [-0.2, 0) is 27.7 Å². The molecule has 0 radical (unpaired) electrons. The summed E-state index contributed by atoms with van der Waals surface area (Å²) in [6.07, 6.45) is 7.32. The minimum atomic E-state index is -3.38. The third-order valence-electron chi connectivity index (χ3n) is 6.18. The minimum absolute atomic E-state index is 0.228. The average molecular weight is 413 g/mol. The summed E-state index contributed by atoms with van der Waals surface area (Å²) in [6.45, 7) is 9.18. The average Bonchev–Trinajstić information content (AvgIpc) is 3.11. The van der Waals surface area contributed by atoms with Crippen LogP contribution in [0.2, 0.25) is 0 Å². The zero-order valence-electron chi connectivity index (χ0n) is 17.5. The van der Waals surface area contributed by atoms with Crippen LogP contribution in [-0.4, -0.2) is 80.0 Å². The van der Waals surface area contributed by atoms with Gasteiger partial charge in [0, 0.05) is 46.4 Å². The number of ether oxygens (including phenoxy) is 1. The third kappa shape index (κ3) is 5.55. The molecule has 0 atom stereocenters. The summed E-state index contributed by atoms with van der Waals surface area (Å²) < 4.78 is 33.4. The van der Waals surface area contributed by atoms with Crippen LogP contribution in [0.3, 0.4) is 0 Å². The van der Waals surface area contributed by atoms with Crippen molar-refractivity contribution in [2.75, 3.05) is 52.2 Å². The van der Waals surface area contributed by atoms with E-state index in [1.54, 1.807) is 13.3 Å². The SMILES string of the molecule is CCN1CCN(Cc2cnc(S(=O)(=O)CC3CCCCC3)n2CCOC)CC1. The summed E-state index contributed by atoms with van der Waals surface area (Å²) in [5.41, 5.74) is 0.976. The Morgan fingerprint density at radius 3 is 2.43 bits per heavy atom. The molecule has 8 heteroatoms. The number of nitrogens with zero attached hydrogens (tertiary/aromatic N) is 4. The van der Waals surface area contributed by atoms with Crippen LogP contribution in [0.25, 0.3) is 0 Å². The Morgan fingerprint density at radius 2 is 1.79 bits per heavy atom. The largest absolute Gasteiger partial charge is 0.383 e. The van der Waals surface area contributed by atoms with Gasteiger partial charge in [-0.05, 0) is 25.3 Å². The summed E-state index contributed by atoms with van der Waals surface area (Å²) in [7, 11) is -1.73. The molecule has 1 aromatic heterocycles. The van der Waals surface area contributed by atoms with E-state index in [1.165, 1.54) is 6.42 Å². The lowest BCUT2D eigenvalue weighted by molar-refractivity contribution is 0.128. The predicted octanol–water partition coefficient (Wildman–Crippen LogP) is 2.02. The second kappa shape index (κ2) is 10.2. The van der Waals surface area contributed by atoms with Gasteiger partial charge in [0.1, 0.15) is 0 Å². The molecule has 2 fully saturated rings. The molecule has 0 aromatic carbocycles. The fourth-order valence-electron chi connectivity index (χ4n) is 4.42. The maximum absolute atomic E-state index is 13.1. The summed E-state index contributed by atoms with van der Waals surface area (Å²) in [4.78, 5) is 9.22.